The number of allylic oxidation sites excluding steroid dienone is 1. The molecule has 0 bridgehead atoms. The fraction of sp³-hybridized carbons (Fsp3) is 0.308. The van der Waals surface area contributed by atoms with Crippen molar-refractivity contribution in [2.45, 2.75) is 23.8 Å². The summed E-state index contributed by atoms with van der Waals surface area (Å²) in [6.45, 7) is 3.32. The van der Waals surface area contributed by atoms with Gasteiger partial charge in [-0.2, -0.15) is 0 Å². The van der Waals surface area contributed by atoms with E-state index in [-0.39, 0.29) is 34.4 Å². The van der Waals surface area contributed by atoms with E-state index in [1.807, 2.05) is 0 Å². The Kier molecular flexibility index (Phi) is 7.16. The molecule has 0 spiro atoms. The van der Waals surface area contributed by atoms with E-state index < -0.39 is 16.1 Å². The molecular weight excluding hydrogens is 357 g/mol. The summed E-state index contributed by atoms with van der Waals surface area (Å²) >= 11 is 16.9. The number of alkyl halides is 1. The Morgan fingerprint density at radius 3 is 2.33 bits per heavy atom. The number of Topliss-reactive ketones (excluding diaryl/α,β-unsaturated/α-hetero) is 1. The van der Waals surface area contributed by atoms with Crippen LogP contribution in [0.3, 0.4) is 0 Å². The summed E-state index contributed by atoms with van der Waals surface area (Å²) in [5.41, 5.74) is 0. The molecule has 8 heteroatoms. The van der Waals surface area contributed by atoms with Crippen molar-refractivity contribution in [2.24, 2.45) is 0 Å². The number of carbonyl (C=O) groups is 1. The van der Waals surface area contributed by atoms with Crippen molar-refractivity contribution in [1.29, 1.82) is 0 Å². The van der Waals surface area contributed by atoms with Gasteiger partial charge in [0.2, 0.25) is 10.0 Å². The minimum absolute atomic E-state index is 0.0366. The average Bonchev–Trinajstić information content (AvgIpc) is 2.43. The van der Waals surface area contributed by atoms with E-state index >= 15 is 0 Å². The molecule has 0 radical (unpaired) electrons. The van der Waals surface area contributed by atoms with Crippen LogP contribution in [0.25, 0.3) is 0 Å². The Balaban J connectivity index is 2.73. The summed E-state index contributed by atoms with van der Waals surface area (Å²) in [6.07, 6.45) is 0.309. The first kappa shape index (κ1) is 18.5. The van der Waals surface area contributed by atoms with Gasteiger partial charge in [-0.1, -0.05) is 29.8 Å². The molecule has 0 saturated heterocycles. The van der Waals surface area contributed by atoms with E-state index in [4.69, 9.17) is 34.8 Å². The molecule has 0 amide bonds. The molecule has 0 aliphatic carbocycles. The molecule has 1 unspecified atom stereocenters. The van der Waals surface area contributed by atoms with Crippen LogP contribution in [0.2, 0.25) is 5.02 Å². The van der Waals surface area contributed by atoms with Gasteiger partial charge < -0.3 is 0 Å². The lowest BCUT2D eigenvalue weighted by atomic mass is 10.1. The van der Waals surface area contributed by atoms with Crippen molar-refractivity contribution in [3.05, 3.63) is 40.9 Å². The van der Waals surface area contributed by atoms with Crippen LogP contribution >= 0.6 is 34.8 Å². The lowest BCUT2D eigenvalue weighted by molar-refractivity contribution is -0.115. The number of rotatable bonds is 8. The highest BCUT2D eigenvalue weighted by Crippen LogP contribution is 2.16. The summed E-state index contributed by atoms with van der Waals surface area (Å²) in [7, 11) is -3.72. The molecule has 1 aromatic carbocycles. The number of hydrogen-bond donors (Lipinski definition) is 1. The van der Waals surface area contributed by atoms with Crippen LogP contribution in [0, 0.1) is 0 Å². The maximum Gasteiger partial charge on any atom is 0.240 e. The third kappa shape index (κ3) is 5.96. The molecule has 1 rings (SSSR count). The highest BCUT2D eigenvalue weighted by atomic mass is 35.5. The molecule has 0 aromatic heterocycles. The van der Waals surface area contributed by atoms with E-state index in [0.29, 0.717) is 5.02 Å². The van der Waals surface area contributed by atoms with Crippen molar-refractivity contribution in [3.63, 3.8) is 0 Å². The van der Waals surface area contributed by atoms with Gasteiger partial charge in [-0.15, -0.1) is 11.6 Å². The first-order valence-electron chi connectivity index (χ1n) is 5.97. The topological polar surface area (TPSA) is 63.2 Å². The second-order valence-corrected chi connectivity index (χ2v) is 7.21. The zero-order valence-corrected chi connectivity index (χ0v) is 14.1. The van der Waals surface area contributed by atoms with Crippen LogP contribution in [0.4, 0.5) is 0 Å². The van der Waals surface area contributed by atoms with E-state index in [1.165, 1.54) is 24.3 Å². The van der Waals surface area contributed by atoms with E-state index in [1.54, 1.807) is 0 Å². The van der Waals surface area contributed by atoms with Crippen LogP contribution in [0.5, 0.6) is 0 Å². The normalized spacial score (nSPS) is 12.9. The Hall–Kier alpha value is -0.590. The van der Waals surface area contributed by atoms with Gasteiger partial charge in [0, 0.05) is 23.4 Å². The fourth-order valence-electron chi connectivity index (χ4n) is 1.51. The summed E-state index contributed by atoms with van der Waals surface area (Å²) in [5, 5.41) is 0.359. The summed E-state index contributed by atoms with van der Waals surface area (Å²) in [4.78, 5) is 11.4. The minimum Gasteiger partial charge on any atom is -0.293 e. The highest BCUT2D eigenvalue weighted by Gasteiger charge is 2.20. The molecular formula is C13H14Cl3NO3S. The van der Waals surface area contributed by atoms with Gasteiger partial charge in [-0.25, -0.2) is 13.1 Å². The lowest BCUT2D eigenvalue weighted by Gasteiger charge is -2.15. The largest absolute Gasteiger partial charge is 0.293 e. The van der Waals surface area contributed by atoms with Gasteiger partial charge in [0.1, 0.15) is 0 Å². The summed E-state index contributed by atoms with van der Waals surface area (Å²) < 4.78 is 26.7. The molecule has 0 aliphatic rings. The van der Waals surface area contributed by atoms with Crippen LogP contribution < -0.4 is 4.72 Å². The second kappa shape index (κ2) is 8.15. The Bertz CT molecular complexity index is 614. The standard InChI is InChI=1S/C13H14Cl3NO3S/c1-9(15)13(18)7-4-11(8-14)17-21(19,20)12-5-2-10(16)3-6-12/h2-3,5-6,11,17H,1,4,7-8H2. The molecule has 0 fully saturated rings. The predicted molar refractivity (Wildman–Crippen MR) is 85.5 cm³/mol. The van der Waals surface area contributed by atoms with Gasteiger partial charge in [-0.05, 0) is 30.7 Å². The summed E-state index contributed by atoms with van der Waals surface area (Å²) in [6, 6.07) is 5.16. The molecule has 116 valence electrons. The van der Waals surface area contributed by atoms with Gasteiger partial charge in [0.15, 0.2) is 5.78 Å². The highest BCUT2D eigenvalue weighted by molar-refractivity contribution is 7.89. The Labute approximate surface area is 139 Å². The molecule has 1 N–H and O–H groups in total. The number of sulfonamides is 1. The van der Waals surface area contributed by atoms with Crippen LogP contribution in [-0.4, -0.2) is 26.1 Å². The number of nitrogens with one attached hydrogen (secondary N) is 1. The number of carbonyl (C=O) groups excluding carboxylic acids is 1. The van der Waals surface area contributed by atoms with E-state index in [2.05, 4.69) is 11.3 Å². The van der Waals surface area contributed by atoms with Gasteiger partial charge in [0.25, 0.3) is 0 Å². The van der Waals surface area contributed by atoms with E-state index in [0.717, 1.165) is 0 Å². The maximum absolute atomic E-state index is 12.1. The monoisotopic (exact) mass is 369 g/mol. The quantitative estimate of drug-likeness (QED) is 0.564. The molecule has 21 heavy (non-hydrogen) atoms. The zero-order valence-electron chi connectivity index (χ0n) is 11.0. The maximum atomic E-state index is 12.1. The van der Waals surface area contributed by atoms with Crippen molar-refractivity contribution in [2.75, 3.05) is 5.88 Å². The van der Waals surface area contributed by atoms with Gasteiger partial charge >= 0.3 is 0 Å². The van der Waals surface area contributed by atoms with Crippen molar-refractivity contribution >= 4 is 50.6 Å². The van der Waals surface area contributed by atoms with Gasteiger partial charge in [-0.3, -0.25) is 4.79 Å². The van der Waals surface area contributed by atoms with Crippen LogP contribution in [-0.2, 0) is 14.8 Å². The fourth-order valence-corrected chi connectivity index (χ4v) is 3.32. The summed E-state index contributed by atoms with van der Waals surface area (Å²) in [5.74, 6) is -0.299. The van der Waals surface area contributed by atoms with Gasteiger partial charge in [0.05, 0.1) is 9.93 Å². The number of halogens is 3. The number of benzene rings is 1. The molecule has 4 nitrogen and oxygen atoms in total. The average molecular weight is 371 g/mol. The Morgan fingerprint density at radius 2 is 1.86 bits per heavy atom. The van der Waals surface area contributed by atoms with E-state index in [9.17, 15) is 13.2 Å². The zero-order chi connectivity index (χ0) is 16.0. The molecule has 1 atom stereocenters. The predicted octanol–water partition coefficient (Wildman–Crippen LogP) is 3.33. The molecule has 1 aromatic rings. The van der Waals surface area contributed by atoms with Crippen molar-refractivity contribution < 1.29 is 13.2 Å². The third-order valence-corrected chi connectivity index (χ3v) is 5.03. The first-order valence-corrected chi connectivity index (χ1v) is 8.75. The molecule has 0 aliphatic heterocycles. The Morgan fingerprint density at radius 1 is 1.29 bits per heavy atom. The number of ketones is 1. The first-order chi connectivity index (χ1) is 9.76. The number of hydrogen-bond acceptors (Lipinski definition) is 3. The van der Waals surface area contributed by atoms with Crippen LogP contribution in [0.15, 0.2) is 40.8 Å². The smallest absolute Gasteiger partial charge is 0.240 e. The van der Waals surface area contributed by atoms with Crippen molar-refractivity contribution in [3.8, 4) is 0 Å². The SMILES string of the molecule is C=C(Cl)C(=O)CCC(CCl)NS(=O)(=O)c1ccc(Cl)cc1. The molecule has 0 heterocycles. The minimum atomic E-state index is -3.72. The third-order valence-electron chi connectivity index (χ3n) is 2.65. The lowest BCUT2D eigenvalue weighted by Crippen LogP contribution is -2.36. The second-order valence-electron chi connectivity index (χ2n) is 4.29. The molecule has 0 saturated carbocycles. The van der Waals surface area contributed by atoms with Crippen LogP contribution in [0.1, 0.15) is 12.8 Å². The van der Waals surface area contributed by atoms with Crippen molar-refractivity contribution in [1.82, 2.24) is 4.72 Å².